The summed E-state index contributed by atoms with van der Waals surface area (Å²) in [6.45, 7) is 0.188. The summed E-state index contributed by atoms with van der Waals surface area (Å²) in [6.07, 6.45) is 1.50. The summed E-state index contributed by atoms with van der Waals surface area (Å²) < 4.78 is 4.45. The third kappa shape index (κ3) is 3.69. The standard InChI is InChI=1S/C8H11ClN4O2/c1-15-7(14)5(10)4-12-8-11-3-2-6(9)13-8/h2-3,5H,4,10H2,1H3,(H,11,12,13)/t5-/m0/s1. The number of methoxy groups -OCH3 is 1. The lowest BCUT2D eigenvalue weighted by Gasteiger charge is -2.09. The maximum absolute atomic E-state index is 10.9. The number of ether oxygens (including phenoxy) is 1. The maximum Gasteiger partial charge on any atom is 0.324 e. The first-order chi connectivity index (χ1) is 7.13. The Balaban J connectivity index is 2.47. The van der Waals surface area contributed by atoms with Crippen LogP contribution in [0.3, 0.4) is 0 Å². The van der Waals surface area contributed by atoms with Crippen molar-refractivity contribution in [2.75, 3.05) is 19.0 Å². The van der Waals surface area contributed by atoms with Gasteiger partial charge in [0.2, 0.25) is 5.95 Å². The highest BCUT2D eigenvalue weighted by Crippen LogP contribution is 2.05. The van der Waals surface area contributed by atoms with Crippen LogP contribution in [0.5, 0.6) is 0 Å². The highest BCUT2D eigenvalue weighted by molar-refractivity contribution is 6.29. The number of anilines is 1. The molecule has 0 spiro atoms. The minimum absolute atomic E-state index is 0.188. The quantitative estimate of drug-likeness (QED) is 0.561. The smallest absolute Gasteiger partial charge is 0.324 e. The number of carbonyl (C=O) groups excluding carboxylic acids is 1. The number of nitrogens with two attached hydrogens (primary N) is 1. The van der Waals surface area contributed by atoms with Crippen LogP contribution in [0.4, 0.5) is 5.95 Å². The van der Waals surface area contributed by atoms with Gasteiger partial charge in [-0.15, -0.1) is 0 Å². The van der Waals surface area contributed by atoms with E-state index >= 15 is 0 Å². The highest BCUT2D eigenvalue weighted by Gasteiger charge is 2.13. The summed E-state index contributed by atoms with van der Waals surface area (Å²) in [5.41, 5.74) is 5.49. The zero-order chi connectivity index (χ0) is 11.3. The second-order valence-corrected chi connectivity index (χ2v) is 3.10. The normalized spacial score (nSPS) is 11.9. The van der Waals surface area contributed by atoms with Crippen molar-refractivity contribution in [3.63, 3.8) is 0 Å². The van der Waals surface area contributed by atoms with Gasteiger partial charge in [-0.1, -0.05) is 11.6 Å². The molecule has 1 aromatic rings. The molecule has 0 saturated carbocycles. The molecular weight excluding hydrogens is 220 g/mol. The molecule has 6 nitrogen and oxygen atoms in total. The van der Waals surface area contributed by atoms with Gasteiger partial charge in [-0.05, 0) is 6.07 Å². The molecule has 0 radical (unpaired) electrons. The molecule has 0 saturated heterocycles. The molecule has 1 heterocycles. The number of aromatic nitrogens is 2. The van der Waals surface area contributed by atoms with E-state index in [0.717, 1.165) is 0 Å². The molecule has 0 aliphatic rings. The summed E-state index contributed by atoms with van der Waals surface area (Å²) in [7, 11) is 1.28. The molecule has 1 atom stereocenters. The van der Waals surface area contributed by atoms with Crippen molar-refractivity contribution in [2.24, 2.45) is 5.73 Å². The molecule has 0 fully saturated rings. The molecule has 0 aromatic carbocycles. The first kappa shape index (κ1) is 11.7. The third-order valence-electron chi connectivity index (χ3n) is 1.61. The summed E-state index contributed by atoms with van der Waals surface area (Å²) >= 11 is 5.64. The van der Waals surface area contributed by atoms with Crippen LogP contribution in [0, 0.1) is 0 Å². The van der Waals surface area contributed by atoms with Crippen molar-refractivity contribution in [1.29, 1.82) is 0 Å². The number of nitrogens with one attached hydrogen (secondary N) is 1. The van der Waals surface area contributed by atoms with Crippen molar-refractivity contribution in [3.05, 3.63) is 17.4 Å². The SMILES string of the molecule is COC(=O)[C@@H](N)CNc1nccc(Cl)n1. The Hall–Kier alpha value is -1.40. The monoisotopic (exact) mass is 230 g/mol. The summed E-state index contributed by atoms with van der Waals surface area (Å²) in [6, 6.07) is 0.796. The Morgan fingerprint density at radius 3 is 3.13 bits per heavy atom. The van der Waals surface area contributed by atoms with E-state index in [1.165, 1.54) is 13.3 Å². The van der Waals surface area contributed by atoms with Gasteiger partial charge in [-0.3, -0.25) is 4.79 Å². The summed E-state index contributed by atoms with van der Waals surface area (Å²) in [5.74, 6) is -0.175. The van der Waals surface area contributed by atoms with Gasteiger partial charge in [-0.2, -0.15) is 0 Å². The Morgan fingerprint density at radius 2 is 2.53 bits per heavy atom. The first-order valence-electron chi connectivity index (χ1n) is 4.19. The van der Waals surface area contributed by atoms with Crippen LogP contribution in [0.2, 0.25) is 5.15 Å². The number of rotatable bonds is 4. The average molecular weight is 231 g/mol. The van der Waals surface area contributed by atoms with Crippen molar-refractivity contribution >= 4 is 23.5 Å². The van der Waals surface area contributed by atoms with Crippen LogP contribution < -0.4 is 11.1 Å². The van der Waals surface area contributed by atoms with Crippen molar-refractivity contribution in [2.45, 2.75) is 6.04 Å². The maximum atomic E-state index is 10.9. The summed E-state index contributed by atoms with van der Waals surface area (Å²) in [5, 5.41) is 3.09. The van der Waals surface area contributed by atoms with E-state index in [0.29, 0.717) is 11.1 Å². The zero-order valence-electron chi connectivity index (χ0n) is 8.11. The Morgan fingerprint density at radius 1 is 1.80 bits per heavy atom. The van der Waals surface area contributed by atoms with Crippen molar-refractivity contribution < 1.29 is 9.53 Å². The van der Waals surface area contributed by atoms with Gasteiger partial charge in [-0.25, -0.2) is 9.97 Å². The fourth-order valence-electron chi connectivity index (χ4n) is 0.858. The van der Waals surface area contributed by atoms with E-state index in [1.54, 1.807) is 6.07 Å². The van der Waals surface area contributed by atoms with E-state index < -0.39 is 12.0 Å². The lowest BCUT2D eigenvalue weighted by atomic mass is 10.3. The van der Waals surface area contributed by atoms with Crippen LogP contribution in [0.1, 0.15) is 0 Å². The molecule has 0 unspecified atom stereocenters. The number of nitrogens with zero attached hydrogens (tertiary/aromatic N) is 2. The van der Waals surface area contributed by atoms with E-state index in [2.05, 4.69) is 20.0 Å². The molecule has 0 amide bonds. The number of halogens is 1. The molecule has 1 rings (SSSR count). The lowest BCUT2D eigenvalue weighted by Crippen LogP contribution is -2.38. The molecule has 0 aliphatic carbocycles. The topological polar surface area (TPSA) is 90.1 Å². The van der Waals surface area contributed by atoms with Crippen LogP contribution >= 0.6 is 11.6 Å². The molecule has 3 N–H and O–H groups in total. The predicted octanol–water partition coefficient (Wildman–Crippen LogP) is 0.0422. The molecule has 7 heteroatoms. The largest absolute Gasteiger partial charge is 0.468 e. The van der Waals surface area contributed by atoms with E-state index in [4.69, 9.17) is 17.3 Å². The van der Waals surface area contributed by atoms with Gasteiger partial charge >= 0.3 is 5.97 Å². The predicted molar refractivity (Wildman–Crippen MR) is 55.5 cm³/mol. The molecule has 15 heavy (non-hydrogen) atoms. The Bertz CT molecular complexity index is 347. The van der Waals surface area contributed by atoms with E-state index in [1.807, 2.05) is 0 Å². The number of hydrogen-bond donors (Lipinski definition) is 2. The average Bonchev–Trinajstić information content (AvgIpc) is 2.25. The van der Waals surface area contributed by atoms with E-state index in [9.17, 15) is 4.79 Å². The number of hydrogen-bond acceptors (Lipinski definition) is 6. The van der Waals surface area contributed by atoms with Gasteiger partial charge in [0.15, 0.2) is 0 Å². The van der Waals surface area contributed by atoms with Gasteiger partial charge in [0.05, 0.1) is 7.11 Å². The fraction of sp³-hybridized carbons (Fsp3) is 0.375. The van der Waals surface area contributed by atoms with Crippen LogP contribution in [0.25, 0.3) is 0 Å². The number of esters is 1. The number of carbonyl (C=O) groups is 1. The van der Waals surface area contributed by atoms with Crippen molar-refractivity contribution in [3.8, 4) is 0 Å². The van der Waals surface area contributed by atoms with Gasteiger partial charge in [0.25, 0.3) is 0 Å². The fourth-order valence-corrected chi connectivity index (χ4v) is 0.994. The molecule has 1 aromatic heterocycles. The van der Waals surface area contributed by atoms with Gasteiger partial charge < -0.3 is 15.8 Å². The zero-order valence-corrected chi connectivity index (χ0v) is 8.86. The second kappa shape index (κ2) is 5.47. The second-order valence-electron chi connectivity index (χ2n) is 2.71. The van der Waals surface area contributed by atoms with E-state index in [-0.39, 0.29) is 6.54 Å². The summed E-state index contributed by atoms with van der Waals surface area (Å²) in [4.78, 5) is 18.7. The minimum Gasteiger partial charge on any atom is -0.468 e. The highest BCUT2D eigenvalue weighted by atomic mass is 35.5. The van der Waals surface area contributed by atoms with Crippen LogP contribution in [-0.4, -0.2) is 35.6 Å². The molecule has 0 aliphatic heterocycles. The first-order valence-corrected chi connectivity index (χ1v) is 4.57. The molecule has 0 bridgehead atoms. The lowest BCUT2D eigenvalue weighted by molar-refractivity contribution is -0.141. The van der Waals surface area contributed by atoms with Crippen LogP contribution in [0.15, 0.2) is 12.3 Å². The molecule has 82 valence electrons. The van der Waals surface area contributed by atoms with Gasteiger partial charge in [0, 0.05) is 12.7 Å². The third-order valence-corrected chi connectivity index (χ3v) is 1.82. The Kier molecular flexibility index (Phi) is 4.26. The molecular formula is C8H11ClN4O2. The minimum atomic E-state index is -0.752. The Labute approximate surface area is 91.8 Å². The van der Waals surface area contributed by atoms with Gasteiger partial charge in [0.1, 0.15) is 11.2 Å². The van der Waals surface area contributed by atoms with Crippen LogP contribution in [-0.2, 0) is 9.53 Å². The van der Waals surface area contributed by atoms with Crippen molar-refractivity contribution in [1.82, 2.24) is 9.97 Å².